The van der Waals surface area contributed by atoms with Gasteiger partial charge < -0.3 is 10.4 Å². The van der Waals surface area contributed by atoms with Crippen molar-refractivity contribution in [2.75, 3.05) is 0 Å². The second-order valence-corrected chi connectivity index (χ2v) is 6.65. The summed E-state index contributed by atoms with van der Waals surface area (Å²) in [4.78, 5) is 0. The first-order valence-electron chi connectivity index (χ1n) is 8.10. The maximum absolute atomic E-state index is 9.29. The quantitative estimate of drug-likeness (QED) is 0.847. The van der Waals surface area contributed by atoms with Crippen molar-refractivity contribution < 1.29 is 5.11 Å². The first kappa shape index (κ1) is 15.4. The molecule has 1 aromatic rings. The number of rotatable bonds is 5. The van der Waals surface area contributed by atoms with Crippen molar-refractivity contribution in [1.82, 2.24) is 5.32 Å². The van der Waals surface area contributed by atoms with Crippen LogP contribution in [-0.2, 0) is 6.42 Å². The Morgan fingerprint density at radius 1 is 1.20 bits per heavy atom. The highest BCUT2D eigenvalue weighted by Gasteiger charge is 2.27. The van der Waals surface area contributed by atoms with Crippen LogP contribution in [0, 0.1) is 11.8 Å². The number of hydrogen-bond acceptors (Lipinski definition) is 2. The van der Waals surface area contributed by atoms with Crippen LogP contribution in [0.4, 0.5) is 0 Å². The first-order chi connectivity index (χ1) is 9.56. The molecule has 0 aliphatic heterocycles. The molecule has 0 spiro atoms. The minimum atomic E-state index is 0.352. The van der Waals surface area contributed by atoms with Crippen molar-refractivity contribution in [3.05, 3.63) is 29.8 Å². The third kappa shape index (κ3) is 4.24. The Kier molecular flexibility index (Phi) is 5.47. The van der Waals surface area contributed by atoms with E-state index in [1.807, 2.05) is 12.1 Å². The zero-order valence-corrected chi connectivity index (χ0v) is 13.1. The van der Waals surface area contributed by atoms with Gasteiger partial charge in [-0.05, 0) is 55.7 Å². The molecule has 2 nitrogen and oxygen atoms in total. The molecule has 0 unspecified atom stereocenters. The summed E-state index contributed by atoms with van der Waals surface area (Å²) in [6, 6.07) is 8.84. The Hall–Kier alpha value is -1.02. The summed E-state index contributed by atoms with van der Waals surface area (Å²) in [7, 11) is 0. The Morgan fingerprint density at radius 3 is 2.60 bits per heavy atom. The van der Waals surface area contributed by atoms with E-state index < -0.39 is 0 Å². The molecule has 2 heteroatoms. The highest BCUT2D eigenvalue weighted by atomic mass is 16.3. The highest BCUT2D eigenvalue weighted by molar-refractivity contribution is 5.25. The molecular weight excluding hydrogens is 246 g/mol. The fourth-order valence-corrected chi connectivity index (χ4v) is 3.31. The van der Waals surface area contributed by atoms with Crippen molar-refractivity contribution in [2.24, 2.45) is 11.8 Å². The molecule has 1 aromatic carbocycles. The van der Waals surface area contributed by atoms with E-state index in [0.29, 0.717) is 17.8 Å². The number of benzene rings is 1. The van der Waals surface area contributed by atoms with Gasteiger partial charge in [-0.1, -0.05) is 38.8 Å². The van der Waals surface area contributed by atoms with Gasteiger partial charge in [0.15, 0.2) is 0 Å². The van der Waals surface area contributed by atoms with E-state index in [0.717, 1.165) is 24.7 Å². The normalized spacial score (nSPS) is 28.2. The summed E-state index contributed by atoms with van der Waals surface area (Å²) in [6.45, 7) is 7.08. The van der Waals surface area contributed by atoms with Gasteiger partial charge in [0.25, 0.3) is 0 Å². The lowest BCUT2D eigenvalue weighted by atomic mass is 9.78. The van der Waals surface area contributed by atoms with E-state index >= 15 is 0 Å². The van der Waals surface area contributed by atoms with Gasteiger partial charge in [-0.3, -0.25) is 0 Å². The number of hydrogen-bond donors (Lipinski definition) is 2. The van der Waals surface area contributed by atoms with Crippen LogP contribution in [0.1, 0.15) is 52.0 Å². The Balaban J connectivity index is 1.77. The van der Waals surface area contributed by atoms with Crippen LogP contribution in [0.25, 0.3) is 0 Å². The van der Waals surface area contributed by atoms with Gasteiger partial charge in [0.1, 0.15) is 5.75 Å². The lowest BCUT2D eigenvalue weighted by Gasteiger charge is -2.36. The summed E-state index contributed by atoms with van der Waals surface area (Å²) in [5.74, 6) is 2.00. The predicted octanol–water partition coefficient (Wildman–Crippen LogP) is 4.13. The summed E-state index contributed by atoms with van der Waals surface area (Å²) < 4.78 is 0. The van der Waals surface area contributed by atoms with Gasteiger partial charge in [-0.15, -0.1) is 0 Å². The monoisotopic (exact) mass is 275 g/mol. The van der Waals surface area contributed by atoms with Gasteiger partial charge in [-0.25, -0.2) is 0 Å². The molecule has 1 fully saturated rings. The Labute approximate surface area is 123 Å². The lowest BCUT2D eigenvalue weighted by Crippen LogP contribution is -2.44. The smallest absolute Gasteiger partial charge is 0.115 e. The Morgan fingerprint density at radius 2 is 1.90 bits per heavy atom. The van der Waals surface area contributed by atoms with Crippen molar-refractivity contribution in [3.8, 4) is 5.75 Å². The molecule has 1 saturated carbocycles. The molecule has 20 heavy (non-hydrogen) atoms. The number of nitrogens with one attached hydrogen (secondary N) is 1. The van der Waals surface area contributed by atoms with Gasteiger partial charge >= 0.3 is 0 Å². The zero-order valence-electron chi connectivity index (χ0n) is 13.1. The Bertz CT molecular complexity index is 400. The number of aromatic hydroxyl groups is 1. The van der Waals surface area contributed by atoms with Gasteiger partial charge in [0.2, 0.25) is 0 Å². The maximum atomic E-state index is 9.29. The van der Waals surface area contributed by atoms with E-state index in [9.17, 15) is 5.11 Å². The maximum Gasteiger partial charge on any atom is 0.115 e. The van der Waals surface area contributed by atoms with Crippen molar-refractivity contribution in [2.45, 2.75) is 65.0 Å². The van der Waals surface area contributed by atoms with Crippen molar-refractivity contribution in [1.29, 1.82) is 0 Å². The molecular formula is C18H29NO. The molecule has 0 bridgehead atoms. The molecule has 2 rings (SSSR count). The topological polar surface area (TPSA) is 32.3 Å². The lowest BCUT2D eigenvalue weighted by molar-refractivity contribution is 0.194. The van der Waals surface area contributed by atoms with Crippen LogP contribution in [0.2, 0.25) is 0 Å². The summed E-state index contributed by atoms with van der Waals surface area (Å²) in [5.41, 5.74) is 1.31. The second kappa shape index (κ2) is 7.12. The van der Waals surface area contributed by atoms with Crippen LogP contribution < -0.4 is 5.32 Å². The second-order valence-electron chi connectivity index (χ2n) is 6.65. The molecule has 1 aliphatic rings. The fraction of sp³-hybridized carbons (Fsp3) is 0.667. The largest absolute Gasteiger partial charge is 0.508 e. The van der Waals surface area contributed by atoms with E-state index in [4.69, 9.17) is 0 Å². The van der Waals surface area contributed by atoms with Gasteiger partial charge in [0, 0.05) is 12.1 Å². The molecule has 0 heterocycles. The molecule has 0 amide bonds. The van der Waals surface area contributed by atoms with E-state index in [-0.39, 0.29) is 0 Å². The number of aryl methyl sites for hydroxylation is 1. The molecule has 1 aliphatic carbocycles. The average Bonchev–Trinajstić information content (AvgIpc) is 2.43. The van der Waals surface area contributed by atoms with E-state index in [1.165, 1.54) is 24.8 Å². The van der Waals surface area contributed by atoms with Crippen molar-refractivity contribution >= 4 is 0 Å². The van der Waals surface area contributed by atoms with Crippen LogP contribution >= 0.6 is 0 Å². The number of phenols is 1. The predicted molar refractivity (Wildman–Crippen MR) is 85.0 cm³/mol. The van der Waals surface area contributed by atoms with Crippen molar-refractivity contribution in [3.63, 3.8) is 0 Å². The average molecular weight is 275 g/mol. The summed E-state index contributed by atoms with van der Waals surface area (Å²) in [5, 5.41) is 13.1. The van der Waals surface area contributed by atoms with Crippen LogP contribution in [-0.4, -0.2) is 17.2 Å². The number of phenolic OH excluding ortho intramolecular Hbond substituents is 1. The molecule has 0 radical (unpaired) electrons. The fourth-order valence-electron chi connectivity index (χ4n) is 3.31. The van der Waals surface area contributed by atoms with Crippen LogP contribution in [0.5, 0.6) is 5.75 Å². The molecule has 2 N–H and O–H groups in total. The molecule has 112 valence electrons. The zero-order chi connectivity index (χ0) is 14.5. The van der Waals surface area contributed by atoms with Gasteiger partial charge in [0.05, 0.1) is 0 Å². The van der Waals surface area contributed by atoms with Gasteiger partial charge in [-0.2, -0.15) is 0 Å². The minimum Gasteiger partial charge on any atom is -0.508 e. The van der Waals surface area contributed by atoms with Crippen LogP contribution in [0.15, 0.2) is 24.3 Å². The molecule has 0 saturated heterocycles. The van der Waals surface area contributed by atoms with Crippen LogP contribution in [0.3, 0.4) is 0 Å². The molecule has 4 atom stereocenters. The summed E-state index contributed by atoms with van der Waals surface area (Å²) >= 11 is 0. The minimum absolute atomic E-state index is 0.352. The van der Waals surface area contributed by atoms with E-state index in [1.54, 1.807) is 12.1 Å². The third-order valence-corrected chi connectivity index (χ3v) is 5.01. The standard InChI is InChI=1S/C18H29NO/c1-13-5-4-6-18(15(13)3)19-14(2)7-8-16-9-11-17(20)12-10-16/h9-15,18-20H,4-8H2,1-3H3/t13-,14-,15-,18-/m1/s1. The molecule has 0 aromatic heterocycles. The third-order valence-electron chi connectivity index (χ3n) is 5.01. The SMILES string of the molecule is C[C@@H]1[C@H](C)CCC[C@H]1N[C@H](C)CCc1ccc(O)cc1. The summed E-state index contributed by atoms with van der Waals surface area (Å²) in [6.07, 6.45) is 6.32. The van der Waals surface area contributed by atoms with E-state index in [2.05, 4.69) is 26.1 Å². The first-order valence-corrected chi connectivity index (χ1v) is 8.10. The highest BCUT2D eigenvalue weighted by Crippen LogP contribution is 2.29.